The summed E-state index contributed by atoms with van der Waals surface area (Å²) in [7, 11) is 0. The summed E-state index contributed by atoms with van der Waals surface area (Å²) in [5, 5.41) is 8.24. The molecule has 0 fully saturated rings. The van der Waals surface area contributed by atoms with E-state index in [1.54, 1.807) is 6.08 Å². The Balaban J connectivity index is 3.16. The van der Waals surface area contributed by atoms with Crippen LogP contribution in [0.3, 0.4) is 0 Å². The Morgan fingerprint density at radius 1 is 1.60 bits per heavy atom. The first-order chi connectivity index (χ1) is 4.81. The molecule has 0 saturated carbocycles. The average Bonchev–Trinajstić information content (AvgIpc) is 1.97. The van der Waals surface area contributed by atoms with Gasteiger partial charge in [0, 0.05) is 0 Å². The number of unbranched alkanes of at least 4 members (excludes halogenated alkanes) is 1. The topological polar surface area (TPSA) is 20.2 Å². The van der Waals surface area contributed by atoms with Crippen LogP contribution in [0, 0.1) is 12.2 Å². The molecule has 0 rings (SSSR count). The molecule has 0 aromatic carbocycles. The Morgan fingerprint density at radius 2 is 2.30 bits per heavy atom. The smallest absolute Gasteiger partial charge is 0.152 e. The van der Waals surface area contributed by atoms with Gasteiger partial charge in [0.1, 0.15) is 0 Å². The molecule has 1 heteroatoms. The van der Waals surface area contributed by atoms with Gasteiger partial charge in [-0.15, -0.1) is 0 Å². The lowest BCUT2D eigenvalue weighted by molar-refractivity contribution is 0.431. The Kier molecular flexibility index (Phi) is 6.35. The Hall–Kier alpha value is -0.460. The molecule has 0 heterocycles. The molecule has 10 heavy (non-hydrogen) atoms. The van der Waals surface area contributed by atoms with Crippen LogP contribution in [-0.2, 0) is 0 Å². The van der Waals surface area contributed by atoms with Gasteiger partial charge in [0.25, 0.3) is 0 Å². The fraction of sp³-hybridized carbons (Fsp3) is 0.778. The maximum atomic E-state index is 8.24. The highest BCUT2D eigenvalue weighted by molar-refractivity contribution is 4.69. The summed E-state index contributed by atoms with van der Waals surface area (Å²) in [5.41, 5.74) is 0. The Bertz CT molecular complexity index is 86.7. The zero-order valence-corrected chi connectivity index (χ0v) is 6.93. The normalized spacial score (nSPS) is 14.2. The third-order valence-electron chi connectivity index (χ3n) is 1.66. The van der Waals surface area contributed by atoms with Crippen molar-refractivity contribution in [3.8, 4) is 0 Å². The third-order valence-corrected chi connectivity index (χ3v) is 1.66. The van der Waals surface area contributed by atoms with E-state index >= 15 is 0 Å². The lowest BCUT2D eigenvalue weighted by Crippen LogP contribution is -1.91. The van der Waals surface area contributed by atoms with Gasteiger partial charge in [0.15, 0.2) is 6.26 Å². The number of hydrogen-bond donors (Lipinski definition) is 1. The minimum absolute atomic E-state index is 0.694. The van der Waals surface area contributed by atoms with Crippen molar-refractivity contribution in [2.75, 3.05) is 0 Å². The van der Waals surface area contributed by atoms with E-state index < -0.39 is 0 Å². The SMILES string of the molecule is CCCCC(C)C/C=[C]/O. The van der Waals surface area contributed by atoms with Crippen LogP contribution >= 0.6 is 0 Å². The van der Waals surface area contributed by atoms with Crippen LogP contribution in [0.15, 0.2) is 6.08 Å². The predicted octanol–water partition coefficient (Wildman–Crippen LogP) is 3.08. The van der Waals surface area contributed by atoms with Crippen LogP contribution in [0.1, 0.15) is 39.5 Å². The Morgan fingerprint density at radius 3 is 2.80 bits per heavy atom. The first-order valence-corrected chi connectivity index (χ1v) is 4.02. The molecule has 1 radical (unpaired) electrons. The maximum Gasteiger partial charge on any atom is 0.152 e. The van der Waals surface area contributed by atoms with Gasteiger partial charge >= 0.3 is 0 Å². The molecule has 0 aliphatic rings. The Labute approximate surface area is 63.8 Å². The van der Waals surface area contributed by atoms with Crippen molar-refractivity contribution >= 4 is 0 Å². The molecule has 0 aliphatic carbocycles. The fourth-order valence-corrected chi connectivity index (χ4v) is 0.924. The molecule has 0 amide bonds. The van der Waals surface area contributed by atoms with Gasteiger partial charge in [-0.1, -0.05) is 33.1 Å². The van der Waals surface area contributed by atoms with Crippen LogP contribution < -0.4 is 0 Å². The van der Waals surface area contributed by atoms with Crippen LogP contribution in [0.25, 0.3) is 0 Å². The summed E-state index contributed by atoms with van der Waals surface area (Å²) in [5.74, 6) is 0.694. The second-order valence-corrected chi connectivity index (χ2v) is 2.82. The van der Waals surface area contributed by atoms with Gasteiger partial charge in [0.05, 0.1) is 0 Å². The highest BCUT2D eigenvalue weighted by Gasteiger charge is 1.97. The van der Waals surface area contributed by atoms with Crippen molar-refractivity contribution in [2.24, 2.45) is 5.92 Å². The second-order valence-electron chi connectivity index (χ2n) is 2.82. The summed E-state index contributed by atoms with van der Waals surface area (Å²) in [6.45, 7) is 4.39. The highest BCUT2D eigenvalue weighted by Crippen LogP contribution is 2.11. The molecule has 0 aromatic rings. The zero-order chi connectivity index (χ0) is 7.82. The highest BCUT2D eigenvalue weighted by atomic mass is 16.2. The van der Waals surface area contributed by atoms with Crippen LogP contribution in [0.2, 0.25) is 0 Å². The van der Waals surface area contributed by atoms with Crippen molar-refractivity contribution in [1.82, 2.24) is 0 Å². The van der Waals surface area contributed by atoms with Crippen LogP contribution in [0.5, 0.6) is 0 Å². The van der Waals surface area contributed by atoms with Crippen LogP contribution in [0.4, 0.5) is 0 Å². The van der Waals surface area contributed by atoms with E-state index in [0.717, 1.165) is 6.42 Å². The molecular weight excluding hydrogens is 124 g/mol. The van der Waals surface area contributed by atoms with Crippen molar-refractivity contribution in [2.45, 2.75) is 39.5 Å². The van der Waals surface area contributed by atoms with Gasteiger partial charge in [-0.3, -0.25) is 0 Å². The van der Waals surface area contributed by atoms with E-state index in [4.69, 9.17) is 5.11 Å². The van der Waals surface area contributed by atoms with Gasteiger partial charge < -0.3 is 5.11 Å². The lowest BCUT2D eigenvalue weighted by Gasteiger charge is -2.05. The maximum absolute atomic E-state index is 8.24. The quantitative estimate of drug-likeness (QED) is 0.583. The summed E-state index contributed by atoms with van der Waals surface area (Å²) in [6, 6.07) is 0. The van der Waals surface area contributed by atoms with Crippen LogP contribution in [-0.4, -0.2) is 5.11 Å². The summed E-state index contributed by atoms with van der Waals surface area (Å²) in [4.78, 5) is 0. The zero-order valence-electron chi connectivity index (χ0n) is 6.93. The summed E-state index contributed by atoms with van der Waals surface area (Å²) < 4.78 is 0. The number of allylic oxidation sites excluding steroid dienone is 1. The van der Waals surface area contributed by atoms with Crippen molar-refractivity contribution < 1.29 is 5.11 Å². The third kappa shape index (κ3) is 5.67. The minimum Gasteiger partial charge on any atom is -0.504 e. The van der Waals surface area contributed by atoms with E-state index in [1.807, 2.05) is 0 Å². The fourth-order valence-electron chi connectivity index (χ4n) is 0.924. The minimum atomic E-state index is 0.694. The molecule has 0 spiro atoms. The van der Waals surface area contributed by atoms with Gasteiger partial charge in [0.2, 0.25) is 0 Å². The predicted molar refractivity (Wildman–Crippen MR) is 43.7 cm³/mol. The largest absolute Gasteiger partial charge is 0.504 e. The van der Waals surface area contributed by atoms with E-state index in [0.29, 0.717) is 5.92 Å². The molecule has 0 saturated heterocycles. The van der Waals surface area contributed by atoms with Gasteiger partial charge in [-0.25, -0.2) is 0 Å². The van der Waals surface area contributed by atoms with Crippen molar-refractivity contribution in [3.05, 3.63) is 12.3 Å². The number of aliphatic hydroxyl groups is 1. The molecule has 1 atom stereocenters. The van der Waals surface area contributed by atoms with E-state index in [1.165, 1.54) is 19.3 Å². The molecule has 0 aliphatic heterocycles. The second kappa shape index (κ2) is 6.66. The molecule has 0 aromatic heterocycles. The van der Waals surface area contributed by atoms with E-state index in [9.17, 15) is 0 Å². The van der Waals surface area contributed by atoms with E-state index in [-0.39, 0.29) is 0 Å². The average molecular weight is 141 g/mol. The number of hydrogen-bond acceptors (Lipinski definition) is 1. The molecule has 59 valence electrons. The van der Waals surface area contributed by atoms with Gasteiger partial charge in [-0.2, -0.15) is 0 Å². The molecule has 1 nitrogen and oxygen atoms in total. The molecular formula is C9H17O. The van der Waals surface area contributed by atoms with Crippen molar-refractivity contribution in [1.29, 1.82) is 0 Å². The monoisotopic (exact) mass is 141 g/mol. The molecule has 1 unspecified atom stereocenters. The first-order valence-electron chi connectivity index (χ1n) is 4.02. The van der Waals surface area contributed by atoms with E-state index in [2.05, 4.69) is 20.1 Å². The van der Waals surface area contributed by atoms with Gasteiger partial charge in [-0.05, 0) is 18.4 Å². The number of aliphatic hydroxyl groups excluding tert-OH is 1. The lowest BCUT2D eigenvalue weighted by atomic mass is 10.0. The standard InChI is InChI=1S/C9H17O/c1-3-4-6-9(2)7-5-8-10/h5,9-10H,3-4,6-7H2,1-2H3. The van der Waals surface area contributed by atoms with Crippen molar-refractivity contribution in [3.63, 3.8) is 0 Å². The number of rotatable bonds is 5. The molecule has 0 bridgehead atoms. The first kappa shape index (κ1) is 9.54. The summed E-state index contributed by atoms with van der Waals surface area (Å²) >= 11 is 0. The molecule has 1 N–H and O–H groups in total. The summed E-state index contributed by atoms with van der Waals surface area (Å²) in [6.07, 6.45) is 8.51.